The molecule has 2 aromatic rings. The van der Waals surface area contributed by atoms with Crippen LogP contribution in [-0.2, 0) is 19.9 Å². The Bertz CT molecular complexity index is 936. The molecule has 5 N–H and O–H groups in total. The van der Waals surface area contributed by atoms with Crippen LogP contribution in [0.15, 0.2) is 18.5 Å². The Labute approximate surface area is 159 Å². The van der Waals surface area contributed by atoms with E-state index in [1.54, 1.807) is 6.07 Å². The van der Waals surface area contributed by atoms with Crippen molar-refractivity contribution >= 4 is 17.3 Å². The molecule has 2 aromatic heterocycles. The first-order valence-electron chi connectivity index (χ1n) is 8.92. The van der Waals surface area contributed by atoms with E-state index in [-0.39, 0.29) is 18.1 Å². The van der Waals surface area contributed by atoms with Gasteiger partial charge in [-0.3, -0.25) is 4.79 Å². The lowest BCUT2D eigenvalue weighted by molar-refractivity contribution is -0.152. The summed E-state index contributed by atoms with van der Waals surface area (Å²) in [5.74, 6) is -0.261. The van der Waals surface area contributed by atoms with E-state index in [4.69, 9.17) is 15.2 Å². The lowest BCUT2D eigenvalue weighted by atomic mass is 9.92. The van der Waals surface area contributed by atoms with Crippen molar-refractivity contribution in [3.05, 3.63) is 24.2 Å². The monoisotopic (exact) mass is 388 g/mol. The standard InChI is InChI=1S/C17H20N6O5/c18-7-17(12-4-3-10-15(19)21-8-22-23(10)12)14(25)13(24)11(28-17)6-27-16(26)9-2-1-5-20-9/h3-4,8-9,11,13-14,20,24-25H,1-2,5-6H2,(H2,19,21,22)/t9-,11-,13-,14-,17+/m1/s1. The van der Waals surface area contributed by atoms with E-state index >= 15 is 0 Å². The van der Waals surface area contributed by atoms with Crippen molar-refractivity contribution in [1.82, 2.24) is 19.9 Å². The number of ether oxygens (including phenoxy) is 2. The second-order valence-electron chi connectivity index (χ2n) is 6.88. The quantitative estimate of drug-likeness (QED) is 0.450. The van der Waals surface area contributed by atoms with Crippen LogP contribution in [-0.4, -0.2) is 68.3 Å². The fraction of sp³-hybridized carbons (Fsp3) is 0.529. The molecular weight excluding hydrogens is 368 g/mol. The third-order valence-corrected chi connectivity index (χ3v) is 5.22. The molecule has 5 atom stereocenters. The summed E-state index contributed by atoms with van der Waals surface area (Å²) in [6, 6.07) is 4.66. The fourth-order valence-electron chi connectivity index (χ4n) is 3.70. The number of hydrogen-bond donors (Lipinski definition) is 4. The zero-order valence-corrected chi connectivity index (χ0v) is 14.9. The number of esters is 1. The number of carbonyl (C=O) groups excluding carboxylic acids is 1. The molecule has 2 fully saturated rings. The normalized spacial score (nSPS) is 32.5. The Balaban J connectivity index is 1.58. The van der Waals surface area contributed by atoms with Gasteiger partial charge in [0.2, 0.25) is 5.60 Å². The zero-order chi connectivity index (χ0) is 19.9. The molecule has 4 heterocycles. The summed E-state index contributed by atoms with van der Waals surface area (Å²) in [5, 5.41) is 37.9. The first-order valence-corrected chi connectivity index (χ1v) is 8.92. The van der Waals surface area contributed by atoms with Gasteiger partial charge in [0.25, 0.3) is 0 Å². The molecule has 0 aromatic carbocycles. The number of nitriles is 1. The maximum atomic E-state index is 12.1. The van der Waals surface area contributed by atoms with Gasteiger partial charge >= 0.3 is 5.97 Å². The second kappa shape index (κ2) is 6.99. The number of nitrogens with two attached hydrogens (primary N) is 1. The van der Waals surface area contributed by atoms with Crippen molar-refractivity contribution in [2.24, 2.45) is 0 Å². The van der Waals surface area contributed by atoms with Crippen molar-refractivity contribution in [2.45, 2.75) is 42.8 Å². The number of nitrogen functional groups attached to an aromatic ring is 1. The first kappa shape index (κ1) is 18.6. The highest BCUT2D eigenvalue weighted by Crippen LogP contribution is 2.40. The van der Waals surface area contributed by atoms with E-state index in [9.17, 15) is 20.3 Å². The van der Waals surface area contributed by atoms with Gasteiger partial charge in [-0.15, -0.1) is 0 Å². The third kappa shape index (κ3) is 2.78. The Kier molecular flexibility index (Phi) is 4.64. The molecular formula is C17H20N6O5. The van der Waals surface area contributed by atoms with Gasteiger partial charge in [-0.05, 0) is 31.5 Å². The minimum absolute atomic E-state index is 0.192. The van der Waals surface area contributed by atoms with Gasteiger partial charge in [-0.25, -0.2) is 9.50 Å². The van der Waals surface area contributed by atoms with Gasteiger partial charge in [0.05, 0.1) is 5.69 Å². The Morgan fingerprint density at radius 3 is 3.07 bits per heavy atom. The van der Waals surface area contributed by atoms with Crippen LogP contribution >= 0.6 is 0 Å². The highest BCUT2D eigenvalue weighted by molar-refractivity contribution is 5.76. The van der Waals surface area contributed by atoms with Gasteiger partial charge < -0.3 is 30.7 Å². The van der Waals surface area contributed by atoms with E-state index < -0.39 is 35.9 Å². The smallest absolute Gasteiger partial charge is 0.323 e. The summed E-state index contributed by atoms with van der Waals surface area (Å²) < 4.78 is 12.3. The summed E-state index contributed by atoms with van der Waals surface area (Å²) in [5.41, 5.74) is 4.53. The number of fused-ring (bicyclic) bond motifs is 1. The number of anilines is 1. The van der Waals surface area contributed by atoms with Crippen molar-refractivity contribution in [3.8, 4) is 6.07 Å². The summed E-state index contributed by atoms with van der Waals surface area (Å²) in [6.07, 6.45) is -1.33. The molecule has 2 aliphatic rings. The van der Waals surface area contributed by atoms with Crippen LogP contribution in [0.5, 0.6) is 0 Å². The second-order valence-corrected chi connectivity index (χ2v) is 6.88. The summed E-state index contributed by atoms with van der Waals surface area (Å²) in [7, 11) is 0. The predicted octanol–water partition coefficient (Wildman–Crippen LogP) is -1.55. The summed E-state index contributed by atoms with van der Waals surface area (Å²) in [4.78, 5) is 16.0. The lowest BCUT2D eigenvalue weighted by Crippen LogP contribution is -2.41. The number of nitrogens with one attached hydrogen (secondary N) is 1. The maximum absolute atomic E-state index is 12.1. The fourth-order valence-corrected chi connectivity index (χ4v) is 3.70. The van der Waals surface area contributed by atoms with Crippen molar-refractivity contribution in [1.29, 1.82) is 5.26 Å². The van der Waals surface area contributed by atoms with E-state index in [1.807, 2.05) is 6.07 Å². The molecule has 0 saturated carbocycles. The number of aliphatic hydroxyl groups excluding tert-OH is 2. The number of carbonyl (C=O) groups is 1. The number of aromatic nitrogens is 3. The average Bonchev–Trinajstić information content (AvgIpc) is 3.42. The van der Waals surface area contributed by atoms with E-state index in [2.05, 4.69) is 15.4 Å². The molecule has 0 bridgehead atoms. The van der Waals surface area contributed by atoms with E-state index in [1.165, 1.54) is 16.9 Å². The number of hydrogen-bond acceptors (Lipinski definition) is 10. The van der Waals surface area contributed by atoms with Crippen LogP contribution in [0, 0.1) is 11.3 Å². The largest absolute Gasteiger partial charge is 0.462 e. The first-order chi connectivity index (χ1) is 13.5. The Morgan fingerprint density at radius 2 is 2.36 bits per heavy atom. The molecule has 0 aliphatic carbocycles. The topological polar surface area (TPSA) is 168 Å². The van der Waals surface area contributed by atoms with Crippen molar-refractivity contribution in [3.63, 3.8) is 0 Å². The number of aliphatic hydroxyl groups is 2. The van der Waals surface area contributed by atoms with Gasteiger partial charge in [0.1, 0.15) is 48.9 Å². The molecule has 0 amide bonds. The van der Waals surface area contributed by atoms with Gasteiger partial charge in [-0.2, -0.15) is 10.4 Å². The van der Waals surface area contributed by atoms with Crippen LogP contribution in [0.1, 0.15) is 18.5 Å². The SMILES string of the molecule is N#C[C@@]1(c2ccc3c(N)ncnn23)O[C@H](COC(=O)[C@H]2CCCN2)[C@@H](O)[C@H]1O. The molecule has 11 heteroatoms. The molecule has 4 rings (SSSR count). The molecule has 148 valence electrons. The van der Waals surface area contributed by atoms with E-state index in [0.717, 1.165) is 13.0 Å². The molecule has 11 nitrogen and oxygen atoms in total. The van der Waals surface area contributed by atoms with Gasteiger partial charge in [0, 0.05) is 0 Å². The van der Waals surface area contributed by atoms with E-state index in [0.29, 0.717) is 11.9 Å². The molecule has 0 radical (unpaired) electrons. The molecule has 0 spiro atoms. The number of rotatable bonds is 4. The van der Waals surface area contributed by atoms with Gasteiger partial charge in [0.15, 0.2) is 5.82 Å². The highest BCUT2D eigenvalue weighted by atomic mass is 16.6. The number of nitrogens with zero attached hydrogens (tertiary/aromatic N) is 4. The van der Waals surface area contributed by atoms with Crippen molar-refractivity contribution in [2.75, 3.05) is 18.9 Å². The predicted molar refractivity (Wildman–Crippen MR) is 93.6 cm³/mol. The van der Waals surface area contributed by atoms with Gasteiger partial charge in [-0.1, -0.05) is 0 Å². The zero-order valence-electron chi connectivity index (χ0n) is 14.9. The van der Waals surface area contributed by atoms with Crippen LogP contribution in [0.3, 0.4) is 0 Å². The minimum Gasteiger partial charge on any atom is -0.462 e. The van der Waals surface area contributed by atoms with Crippen LogP contribution < -0.4 is 11.1 Å². The summed E-state index contributed by atoms with van der Waals surface area (Å²) >= 11 is 0. The Hall–Kier alpha value is -2.78. The third-order valence-electron chi connectivity index (χ3n) is 5.22. The summed E-state index contributed by atoms with van der Waals surface area (Å²) in [6.45, 7) is 0.448. The van der Waals surface area contributed by atoms with Crippen molar-refractivity contribution < 1.29 is 24.5 Å². The molecule has 28 heavy (non-hydrogen) atoms. The highest BCUT2D eigenvalue weighted by Gasteiger charge is 2.57. The van der Waals surface area contributed by atoms with Crippen LogP contribution in [0.25, 0.3) is 5.52 Å². The molecule has 2 saturated heterocycles. The lowest BCUT2D eigenvalue weighted by Gasteiger charge is -2.24. The average molecular weight is 388 g/mol. The molecule has 0 unspecified atom stereocenters. The molecule has 2 aliphatic heterocycles. The Morgan fingerprint density at radius 1 is 1.54 bits per heavy atom. The van der Waals surface area contributed by atoms with Crippen LogP contribution in [0.4, 0.5) is 5.82 Å². The van der Waals surface area contributed by atoms with Crippen LogP contribution in [0.2, 0.25) is 0 Å². The maximum Gasteiger partial charge on any atom is 0.323 e. The minimum atomic E-state index is -1.91.